The molecule has 0 radical (unpaired) electrons. The normalized spacial score (nSPS) is 17.9. The molecule has 0 saturated heterocycles. The van der Waals surface area contributed by atoms with Gasteiger partial charge in [-0.2, -0.15) is 0 Å². The van der Waals surface area contributed by atoms with Gasteiger partial charge in [-0.15, -0.1) is 0 Å². The third-order valence-electron chi connectivity index (χ3n) is 3.35. The fourth-order valence-corrected chi connectivity index (χ4v) is 2.34. The maximum absolute atomic E-state index is 10.9. The first kappa shape index (κ1) is 10.5. The van der Waals surface area contributed by atoms with E-state index in [1.165, 1.54) is 5.56 Å². The van der Waals surface area contributed by atoms with E-state index in [2.05, 4.69) is 9.97 Å². The second kappa shape index (κ2) is 3.98. The van der Waals surface area contributed by atoms with Crippen molar-refractivity contribution < 1.29 is 9.90 Å². The van der Waals surface area contributed by atoms with Crippen LogP contribution in [0.1, 0.15) is 30.5 Å². The third kappa shape index (κ3) is 2.09. The van der Waals surface area contributed by atoms with E-state index in [1.54, 1.807) is 0 Å². The molecule has 0 amide bonds. The van der Waals surface area contributed by atoms with Crippen LogP contribution in [-0.4, -0.2) is 33.6 Å². The average Bonchev–Trinajstić information content (AvgIpc) is 3.03. The molecule has 0 unspecified atom stereocenters. The number of hydrogen-bond acceptors (Lipinski definition) is 4. The number of fused-ring (bicyclic) bond motifs is 1. The minimum Gasteiger partial charge on any atom is -0.480 e. The lowest BCUT2D eigenvalue weighted by Gasteiger charge is -2.20. The van der Waals surface area contributed by atoms with E-state index in [-0.39, 0.29) is 6.54 Å². The van der Waals surface area contributed by atoms with Crippen LogP contribution in [0, 0.1) is 0 Å². The van der Waals surface area contributed by atoms with Crippen LogP contribution in [0.25, 0.3) is 0 Å². The topological polar surface area (TPSA) is 66.3 Å². The van der Waals surface area contributed by atoms with E-state index in [4.69, 9.17) is 5.11 Å². The highest BCUT2D eigenvalue weighted by molar-refractivity contribution is 5.73. The van der Waals surface area contributed by atoms with Gasteiger partial charge in [0.1, 0.15) is 6.54 Å². The molecule has 1 aromatic heterocycles. The van der Waals surface area contributed by atoms with Crippen LogP contribution in [0.2, 0.25) is 0 Å². The summed E-state index contributed by atoms with van der Waals surface area (Å²) in [6.45, 7) is 0.00343. The van der Waals surface area contributed by atoms with E-state index in [0.29, 0.717) is 12.0 Å². The zero-order valence-electron chi connectivity index (χ0n) is 9.59. The van der Waals surface area contributed by atoms with Crippen molar-refractivity contribution in [2.45, 2.75) is 38.1 Å². The highest BCUT2D eigenvalue weighted by Crippen LogP contribution is 2.30. The van der Waals surface area contributed by atoms with Gasteiger partial charge in [-0.3, -0.25) is 4.79 Å². The molecule has 2 aliphatic rings. The predicted octanol–water partition coefficient (Wildman–Crippen LogP) is 1.02. The van der Waals surface area contributed by atoms with Gasteiger partial charge in [0.05, 0.1) is 0 Å². The molecule has 0 spiro atoms. The Morgan fingerprint density at radius 2 is 2.29 bits per heavy atom. The van der Waals surface area contributed by atoms with E-state index in [0.717, 1.165) is 37.8 Å². The largest absolute Gasteiger partial charge is 0.480 e. The summed E-state index contributed by atoms with van der Waals surface area (Å²) >= 11 is 0. The molecule has 1 heterocycles. The average molecular weight is 233 g/mol. The number of anilines is 1. The van der Waals surface area contributed by atoms with Crippen molar-refractivity contribution in [3.8, 4) is 0 Å². The summed E-state index contributed by atoms with van der Waals surface area (Å²) in [5.74, 6) is -0.225. The fraction of sp³-hybridized carbons (Fsp3) is 0.583. The summed E-state index contributed by atoms with van der Waals surface area (Å²) < 4.78 is 0. The van der Waals surface area contributed by atoms with Crippen molar-refractivity contribution in [2.24, 2.45) is 0 Å². The lowest BCUT2D eigenvalue weighted by atomic mass is 10.3. The quantitative estimate of drug-likeness (QED) is 0.841. The lowest BCUT2D eigenvalue weighted by Crippen LogP contribution is -2.33. The number of carboxylic acid groups (broad SMARTS) is 1. The van der Waals surface area contributed by atoms with Crippen LogP contribution in [0.15, 0.2) is 6.20 Å². The van der Waals surface area contributed by atoms with Crippen LogP contribution in [-0.2, 0) is 17.6 Å². The van der Waals surface area contributed by atoms with Gasteiger partial charge in [0.15, 0.2) is 0 Å². The molecule has 5 nitrogen and oxygen atoms in total. The van der Waals surface area contributed by atoms with Crippen molar-refractivity contribution >= 4 is 11.9 Å². The smallest absolute Gasteiger partial charge is 0.323 e. The minimum atomic E-state index is -0.819. The second-order valence-electron chi connectivity index (χ2n) is 4.75. The fourth-order valence-electron chi connectivity index (χ4n) is 2.34. The van der Waals surface area contributed by atoms with Gasteiger partial charge in [0, 0.05) is 17.9 Å². The zero-order chi connectivity index (χ0) is 11.8. The summed E-state index contributed by atoms with van der Waals surface area (Å²) in [6, 6.07) is 0.325. The van der Waals surface area contributed by atoms with Crippen LogP contribution < -0.4 is 4.90 Å². The maximum atomic E-state index is 10.9. The molecule has 3 rings (SSSR count). The molecule has 0 atom stereocenters. The van der Waals surface area contributed by atoms with Crippen LogP contribution >= 0.6 is 0 Å². The SMILES string of the molecule is O=C(O)CN(c1ncc2c(n1)CCC2)C1CC1. The Kier molecular flexibility index (Phi) is 2.46. The number of aromatic nitrogens is 2. The molecule has 1 fully saturated rings. The van der Waals surface area contributed by atoms with E-state index >= 15 is 0 Å². The van der Waals surface area contributed by atoms with Crippen molar-refractivity contribution in [3.63, 3.8) is 0 Å². The molecule has 0 aliphatic heterocycles. The monoisotopic (exact) mass is 233 g/mol. The molecule has 17 heavy (non-hydrogen) atoms. The van der Waals surface area contributed by atoms with Crippen molar-refractivity contribution in [2.75, 3.05) is 11.4 Å². The van der Waals surface area contributed by atoms with E-state index in [9.17, 15) is 4.79 Å². The molecule has 0 aromatic carbocycles. The van der Waals surface area contributed by atoms with Gasteiger partial charge in [-0.05, 0) is 37.7 Å². The Balaban J connectivity index is 1.87. The summed E-state index contributed by atoms with van der Waals surface area (Å²) in [5.41, 5.74) is 2.32. The summed E-state index contributed by atoms with van der Waals surface area (Å²) in [6.07, 6.45) is 7.15. The third-order valence-corrected chi connectivity index (χ3v) is 3.35. The number of aryl methyl sites for hydroxylation is 2. The van der Waals surface area contributed by atoms with Gasteiger partial charge >= 0.3 is 5.97 Å². The maximum Gasteiger partial charge on any atom is 0.323 e. The zero-order valence-corrected chi connectivity index (χ0v) is 9.59. The van der Waals surface area contributed by atoms with Crippen molar-refractivity contribution in [1.29, 1.82) is 0 Å². The molecule has 1 saturated carbocycles. The Hall–Kier alpha value is -1.65. The molecular formula is C12H15N3O2. The van der Waals surface area contributed by atoms with Gasteiger partial charge in [-0.1, -0.05) is 0 Å². The number of hydrogen-bond donors (Lipinski definition) is 1. The summed E-state index contributed by atoms with van der Waals surface area (Å²) in [4.78, 5) is 21.5. The van der Waals surface area contributed by atoms with Crippen LogP contribution in [0.4, 0.5) is 5.95 Å². The Morgan fingerprint density at radius 3 is 3.00 bits per heavy atom. The van der Waals surface area contributed by atoms with Gasteiger partial charge in [-0.25, -0.2) is 9.97 Å². The Bertz CT molecular complexity index is 457. The first-order chi connectivity index (χ1) is 8.24. The van der Waals surface area contributed by atoms with Crippen LogP contribution in [0.3, 0.4) is 0 Å². The highest BCUT2D eigenvalue weighted by Gasteiger charge is 2.32. The molecule has 5 heteroatoms. The minimum absolute atomic E-state index is 0.00343. The summed E-state index contributed by atoms with van der Waals surface area (Å²) in [5, 5.41) is 8.92. The Labute approximate surface area is 99.5 Å². The number of nitrogens with zero attached hydrogens (tertiary/aromatic N) is 3. The molecule has 1 aromatic rings. The number of carboxylic acids is 1. The van der Waals surface area contributed by atoms with Crippen LogP contribution in [0.5, 0.6) is 0 Å². The van der Waals surface area contributed by atoms with Gasteiger partial charge in [0.25, 0.3) is 0 Å². The molecule has 1 N–H and O–H groups in total. The standard InChI is InChI=1S/C12H15N3O2/c16-11(17)7-15(9-4-5-9)12-13-6-8-2-1-3-10(8)14-12/h6,9H,1-5,7H2,(H,16,17). The van der Waals surface area contributed by atoms with Gasteiger partial charge < -0.3 is 10.0 Å². The lowest BCUT2D eigenvalue weighted by molar-refractivity contribution is -0.135. The summed E-state index contributed by atoms with van der Waals surface area (Å²) in [7, 11) is 0. The second-order valence-corrected chi connectivity index (χ2v) is 4.75. The molecule has 90 valence electrons. The Morgan fingerprint density at radius 1 is 1.47 bits per heavy atom. The number of aliphatic carboxylic acids is 1. The molecule has 2 aliphatic carbocycles. The number of rotatable bonds is 4. The van der Waals surface area contributed by atoms with E-state index in [1.807, 2.05) is 11.1 Å². The first-order valence-corrected chi connectivity index (χ1v) is 6.07. The number of carbonyl (C=O) groups is 1. The van der Waals surface area contributed by atoms with Crippen molar-refractivity contribution in [3.05, 3.63) is 17.5 Å². The van der Waals surface area contributed by atoms with Gasteiger partial charge in [0.2, 0.25) is 5.95 Å². The highest BCUT2D eigenvalue weighted by atomic mass is 16.4. The first-order valence-electron chi connectivity index (χ1n) is 6.07. The van der Waals surface area contributed by atoms with E-state index < -0.39 is 5.97 Å². The molecule has 0 bridgehead atoms. The molecular weight excluding hydrogens is 218 g/mol. The predicted molar refractivity (Wildman–Crippen MR) is 62.1 cm³/mol. The van der Waals surface area contributed by atoms with Crippen molar-refractivity contribution in [1.82, 2.24) is 9.97 Å².